The molecule has 1 aliphatic heterocycles. The number of piperazine rings is 1. The number of aromatic nitrogens is 2. The molecule has 0 atom stereocenters. The van der Waals surface area contributed by atoms with Crippen molar-refractivity contribution < 1.29 is 4.79 Å². The molecule has 1 aliphatic rings. The highest BCUT2D eigenvalue weighted by atomic mass is 16.2. The Morgan fingerprint density at radius 2 is 2.24 bits per heavy atom. The van der Waals surface area contributed by atoms with Crippen molar-refractivity contribution in [2.24, 2.45) is 7.05 Å². The topological polar surface area (TPSA) is 50.2 Å². The Balaban J connectivity index is 2.28. The standard InChI is InChI=1S/C12H20N4O/c1-9-10(7-15(4)14-9)11(17)16-6-5-13-8-12(16,2)3/h7,13H,5-6,8H2,1-4H3. The van der Waals surface area contributed by atoms with Crippen molar-refractivity contribution in [3.05, 3.63) is 17.5 Å². The van der Waals surface area contributed by atoms with Crippen LogP contribution in [0.3, 0.4) is 0 Å². The van der Waals surface area contributed by atoms with E-state index in [0.29, 0.717) is 5.56 Å². The monoisotopic (exact) mass is 236 g/mol. The number of aryl methyl sites for hydroxylation is 2. The fraction of sp³-hybridized carbons (Fsp3) is 0.667. The van der Waals surface area contributed by atoms with Crippen LogP contribution in [0.5, 0.6) is 0 Å². The summed E-state index contributed by atoms with van der Waals surface area (Å²) in [6, 6.07) is 0. The summed E-state index contributed by atoms with van der Waals surface area (Å²) in [4.78, 5) is 14.4. The number of nitrogens with zero attached hydrogens (tertiary/aromatic N) is 3. The van der Waals surface area contributed by atoms with Crippen molar-refractivity contribution in [1.29, 1.82) is 0 Å². The summed E-state index contributed by atoms with van der Waals surface area (Å²) in [6.45, 7) is 8.49. The zero-order chi connectivity index (χ0) is 12.6. The Hall–Kier alpha value is -1.36. The molecular weight excluding hydrogens is 216 g/mol. The first kappa shape index (κ1) is 12.1. The summed E-state index contributed by atoms with van der Waals surface area (Å²) in [5, 5.41) is 7.54. The lowest BCUT2D eigenvalue weighted by Gasteiger charge is -2.42. The third-order valence-electron chi connectivity index (χ3n) is 3.29. The van der Waals surface area contributed by atoms with E-state index in [-0.39, 0.29) is 11.4 Å². The molecule has 0 aromatic carbocycles. The molecule has 1 aromatic rings. The fourth-order valence-electron chi connectivity index (χ4n) is 2.31. The second-order valence-electron chi connectivity index (χ2n) is 5.25. The van der Waals surface area contributed by atoms with Crippen molar-refractivity contribution >= 4 is 5.91 Å². The maximum absolute atomic E-state index is 12.5. The Morgan fingerprint density at radius 3 is 2.76 bits per heavy atom. The summed E-state index contributed by atoms with van der Waals surface area (Å²) in [5.74, 6) is 0.0853. The first-order valence-corrected chi connectivity index (χ1v) is 5.95. The van der Waals surface area contributed by atoms with E-state index in [1.807, 2.05) is 18.9 Å². The van der Waals surface area contributed by atoms with E-state index < -0.39 is 0 Å². The Labute approximate surface area is 102 Å². The maximum Gasteiger partial charge on any atom is 0.257 e. The van der Waals surface area contributed by atoms with E-state index in [9.17, 15) is 4.79 Å². The second kappa shape index (κ2) is 4.14. The molecule has 5 heteroatoms. The number of hydrogen-bond acceptors (Lipinski definition) is 3. The average molecular weight is 236 g/mol. The van der Waals surface area contributed by atoms with E-state index in [0.717, 1.165) is 25.3 Å². The molecule has 0 bridgehead atoms. The average Bonchev–Trinajstić information content (AvgIpc) is 2.56. The lowest BCUT2D eigenvalue weighted by molar-refractivity contribution is 0.0476. The molecule has 0 unspecified atom stereocenters. The van der Waals surface area contributed by atoms with Crippen LogP contribution >= 0.6 is 0 Å². The van der Waals surface area contributed by atoms with Crippen LogP contribution < -0.4 is 5.32 Å². The minimum Gasteiger partial charge on any atom is -0.331 e. The highest BCUT2D eigenvalue weighted by Crippen LogP contribution is 2.20. The lowest BCUT2D eigenvalue weighted by atomic mass is 9.99. The van der Waals surface area contributed by atoms with Crippen LogP contribution in [-0.4, -0.2) is 45.8 Å². The SMILES string of the molecule is Cc1nn(C)cc1C(=O)N1CCNCC1(C)C. The number of nitrogens with one attached hydrogen (secondary N) is 1. The zero-order valence-electron chi connectivity index (χ0n) is 10.9. The molecule has 1 aromatic heterocycles. The third kappa shape index (κ3) is 2.20. The van der Waals surface area contributed by atoms with Crippen LogP contribution in [0.1, 0.15) is 29.9 Å². The van der Waals surface area contributed by atoms with Gasteiger partial charge in [-0.25, -0.2) is 0 Å². The van der Waals surface area contributed by atoms with Crippen molar-refractivity contribution in [3.63, 3.8) is 0 Å². The van der Waals surface area contributed by atoms with Crippen LogP contribution in [0.25, 0.3) is 0 Å². The first-order valence-electron chi connectivity index (χ1n) is 5.95. The number of amides is 1. The Kier molecular flexibility index (Phi) is 2.95. The summed E-state index contributed by atoms with van der Waals surface area (Å²) >= 11 is 0. The summed E-state index contributed by atoms with van der Waals surface area (Å²) in [5.41, 5.74) is 1.37. The molecule has 2 rings (SSSR count). The number of carbonyl (C=O) groups is 1. The Morgan fingerprint density at radius 1 is 1.53 bits per heavy atom. The number of hydrogen-bond donors (Lipinski definition) is 1. The molecule has 17 heavy (non-hydrogen) atoms. The molecule has 94 valence electrons. The van der Waals surface area contributed by atoms with Crippen LogP contribution in [-0.2, 0) is 7.05 Å². The van der Waals surface area contributed by atoms with E-state index >= 15 is 0 Å². The van der Waals surface area contributed by atoms with Gasteiger partial charge in [0.1, 0.15) is 0 Å². The zero-order valence-corrected chi connectivity index (χ0v) is 10.9. The van der Waals surface area contributed by atoms with Gasteiger partial charge in [0.25, 0.3) is 5.91 Å². The fourth-order valence-corrected chi connectivity index (χ4v) is 2.31. The lowest BCUT2D eigenvalue weighted by Crippen LogP contribution is -2.59. The van der Waals surface area contributed by atoms with Crippen molar-refractivity contribution in [1.82, 2.24) is 20.0 Å². The molecule has 1 fully saturated rings. The molecule has 0 radical (unpaired) electrons. The molecule has 0 aliphatic carbocycles. The van der Waals surface area contributed by atoms with Crippen molar-refractivity contribution in [2.45, 2.75) is 26.3 Å². The molecule has 5 nitrogen and oxygen atoms in total. The van der Waals surface area contributed by atoms with Gasteiger partial charge in [-0.15, -0.1) is 0 Å². The summed E-state index contributed by atoms with van der Waals surface area (Å²) in [7, 11) is 1.84. The largest absolute Gasteiger partial charge is 0.331 e. The predicted octanol–water partition coefficient (Wildman–Crippen LogP) is 0.553. The van der Waals surface area contributed by atoms with Gasteiger partial charge in [-0.3, -0.25) is 9.48 Å². The van der Waals surface area contributed by atoms with Gasteiger partial charge in [0.05, 0.1) is 16.8 Å². The molecule has 1 saturated heterocycles. The first-order chi connectivity index (χ1) is 7.92. The quantitative estimate of drug-likeness (QED) is 0.775. The van der Waals surface area contributed by atoms with Crippen molar-refractivity contribution in [3.8, 4) is 0 Å². The summed E-state index contributed by atoms with van der Waals surface area (Å²) < 4.78 is 1.69. The highest BCUT2D eigenvalue weighted by molar-refractivity contribution is 5.95. The molecule has 2 heterocycles. The van der Waals surface area contributed by atoms with E-state index in [1.165, 1.54) is 0 Å². The number of carbonyl (C=O) groups excluding carboxylic acids is 1. The predicted molar refractivity (Wildman–Crippen MR) is 65.9 cm³/mol. The van der Waals surface area contributed by atoms with Gasteiger partial charge in [-0.1, -0.05) is 0 Å². The molecular formula is C12H20N4O. The molecule has 1 N–H and O–H groups in total. The molecule has 0 spiro atoms. The van der Waals surface area contributed by atoms with Gasteiger partial charge in [-0.05, 0) is 20.8 Å². The van der Waals surface area contributed by atoms with Gasteiger partial charge in [0.2, 0.25) is 0 Å². The normalized spacial score (nSPS) is 19.4. The Bertz CT molecular complexity index is 436. The number of rotatable bonds is 1. The third-order valence-corrected chi connectivity index (χ3v) is 3.29. The van der Waals surface area contributed by atoms with E-state index in [2.05, 4.69) is 24.3 Å². The smallest absolute Gasteiger partial charge is 0.257 e. The van der Waals surface area contributed by atoms with Crippen LogP contribution in [0, 0.1) is 6.92 Å². The minimum atomic E-state index is -0.141. The van der Waals surface area contributed by atoms with Crippen molar-refractivity contribution in [2.75, 3.05) is 19.6 Å². The molecule has 0 saturated carbocycles. The minimum absolute atomic E-state index is 0.0853. The highest BCUT2D eigenvalue weighted by Gasteiger charge is 2.34. The van der Waals surface area contributed by atoms with E-state index in [4.69, 9.17) is 0 Å². The van der Waals surface area contributed by atoms with Gasteiger partial charge in [0.15, 0.2) is 0 Å². The van der Waals surface area contributed by atoms with Crippen LogP contribution in [0.4, 0.5) is 0 Å². The maximum atomic E-state index is 12.5. The van der Waals surface area contributed by atoms with Crippen LogP contribution in [0.2, 0.25) is 0 Å². The van der Waals surface area contributed by atoms with E-state index in [1.54, 1.807) is 10.9 Å². The van der Waals surface area contributed by atoms with Gasteiger partial charge in [-0.2, -0.15) is 5.10 Å². The molecule has 1 amide bonds. The van der Waals surface area contributed by atoms with Gasteiger partial charge >= 0.3 is 0 Å². The van der Waals surface area contributed by atoms with Gasteiger partial charge in [0, 0.05) is 32.9 Å². The summed E-state index contributed by atoms with van der Waals surface area (Å²) in [6.07, 6.45) is 1.80. The second-order valence-corrected chi connectivity index (χ2v) is 5.25. The van der Waals surface area contributed by atoms with Gasteiger partial charge < -0.3 is 10.2 Å². The van der Waals surface area contributed by atoms with Crippen LogP contribution in [0.15, 0.2) is 6.20 Å².